The van der Waals surface area contributed by atoms with Gasteiger partial charge >= 0.3 is 6.61 Å². The number of carbonyl (C=O) groups is 1. The van der Waals surface area contributed by atoms with E-state index in [-0.39, 0.29) is 17.7 Å². The van der Waals surface area contributed by atoms with Gasteiger partial charge in [0.15, 0.2) is 0 Å². The van der Waals surface area contributed by atoms with E-state index < -0.39 is 6.61 Å². The van der Waals surface area contributed by atoms with Gasteiger partial charge in [-0.1, -0.05) is 6.07 Å². The van der Waals surface area contributed by atoms with E-state index in [1.165, 1.54) is 12.1 Å². The fourth-order valence-corrected chi connectivity index (χ4v) is 2.37. The molecular formula is C14H17F2NO2. The molecule has 2 rings (SSSR count). The number of amides is 1. The first-order valence-corrected chi connectivity index (χ1v) is 6.44. The maximum atomic E-state index is 12.3. The lowest BCUT2D eigenvalue weighted by Gasteiger charge is -2.33. The Morgan fingerprint density at radius 3 is 2.89 bits per heavy atom. The summed E-state index contributed by atoms with van der Waals surface area (Å²) >= 11 is 0. The summed E-state index contributed by atoms with van der Waals surface area (Å²) in [6.45, 7) is -0.143. The largest absolute Gasteiger partial charge is 0.435 e. The minimum absolute atomic E-state index is 0.0190. The number of likely N-dealkylation sites (tertiary alicyclic amines) is 1. The topological polar surface area (TPSA) is 29.5 Å². The Balaban J connectivity index is 2.14. The molecule has 1 heterocycles. The second kappa shape index (κ2) is 5.99. The lowest BCUT2D eigenvalue weighted by molar-refractivity contribution is -0.0499. The molecule has 0 N–H and O–H groups in total. The van der Waals surface area contributed by atoms with Crippen molar-refractivity contribution in [2.45, 2.75) is 38.8 Å². The van der Waals surface area contributed by atoms with Crippen LogP contribution in [0.5, 0.6) is 5.75 Å². The molecule has 1 aliphatic rings. The number of rotatable bonds is 3. The molecule has 0 saturated carbocycles. The van der Waals surface area contributed by atoms with Crippen molar-refractivity contribution in [1.29, 1.82) is 0 Å². The van der Waals surface area contributed by atoms with Crippen LogP contribution in [0.3, 0.4) is 0 Å². The maximum Gasteiger partial charge on any atom is 0.387 e. The van der Waals surface area contributed by atoms with E-state index in [4.69, 9.17) is 0 Å². The minimum atomic E-state index is -2.88. The Morgan fingerprint density at radius 1 is 1.42 bits per heavy atom. The molecule has 0 radical (unpaired) electrons. The number of hydrogen-bond acceptors (Lipinski definition) is 2. The molecule has 5 heteroatoms. The molecule has 0 aromatic heterocycles. The average molecular weight is 269 g/mol. The monoisotopic (exact) mass is 269 g/mol. The first-order valence-electron chi connectivity index (χ1n) is 6.44. The molecule has 3 nitrogen and oxygen atoms in total. The van der Waals surface area contributed by atoms with Crippen molar-refractivity contribution in [1.82, 2.24) is 4.90 Å². The van der Waals surface area contributed by atoms with Gasteiger partial charge in [0.2, 0.25) is 0 Å². The number of halogens is 2. The van der Waals surface area contributed by atoms with Gasteiger partial charge in [-0.2, -0.15) is 8.78 Å². The first-order chi connectivity index (χ1) is 9.08. The third kappa shape index (κ3) is 3.43. The number of benzene rings is 1. The number of piperidine rings is 1. The fourth-order valence-electron chi connectivity index (χ4n) is 2.37. The minimum Gasteiger partial charge on any atom is -0.435 e. The summed E-state index contributed by atoms with van der Waals surface area (Å²) < 4.78 is 28.6. The highest BCUT2D eigenvalue weighted by Gasteiger charge is 2.24. The second-order valence-electron chi connectivity index (χ2n) is 4.75. The highest BCUT2D eigenvalue weighted by atomic mass is 19.3. The van der Waals surface area contributed by atoms with Crippen molar-refractivity contribution in [2.24, 2.45) is 0 Å². The molecule has 1 saturated heterocycles. The van der Waals surface area contributed by atoms with Gasteiger partial charge in [-0.15, -0.1) is 0 Å². The Kier molecular flexibility index (Phi) is 4.35. The zero-order valence-electron chi connectivity index (χ0n) is 10.8. The zero-order chi connectivity index (χ0) is 13.8. The third-order valence-electron chi connectivity index (χ3n) is 3.37. The number of nitrogens with zero attached hydrogens (tertiary/aromatic N) is 1. The number of hydrogen-bond donors (Lipinski definition) is 0. The van der Waals surface area contributed by atoms with Gasteiger partial charge in [0.05, 0.1) is 0 Å². The molecule has 1 unspecified atom stereocenters. The van der Waals surface area contributed by atoms with Crippen molar-refractivity contribution in [3.05, 3.63) is 29.8 Å². The lowest BCUT2D eigenvalue weighted by Crippen LogP contribution is -2.42. The maximum absolute atomic E-state index is 12.3. The van der Waals surface area contributed by atoms with Crippen molar-refractivity contribution in [2.75, 3.05) is 6.54 Å². The SMILES string of the molecule is CC1CCCCN1C(=O)c1cccc(OC(F)F)c1. The van der Waals surface area contributed by atoms with Crippen molar-refractivity contribution >= 4 is 5.91 Å². The van der Waals surface area contributed by atoms with Crippen LogP contribution in [0.25, 0.3) is 0 Å². The van der Waals surface area contributed by atoms with E-state index in [0.717, 1.165) is 25.8 Å². The highest BCUT2D eigenvalue weighted by molar-refractivity contribution is 5.94. The Labute approximate surface area is 111 Å². The van der Waals surface area contributed by atoms with Gasteiger partial charge in [0.25, 0.3) is 5.91 Å². The van der Waals surface area contributed by atoms with E-state index in [1.54, 1.807) is 17.0 Å². The van der Waals surface area contributed by atoms with E-state index in [9.17, 15) is 13.6 Å². The van der Waals surface area contributed by atoms with Crippen LogP contribution in [0, 0.1) is 0 Å². The second-order valence-corrected chi connectivity index (χ2v) is 4.75. The van der Waals surface area contributed by atoms with Gasteiger partial charge < -0.3 is 9.64 Å². The lowest BCUT2D eigenvalue weighted by atomic mass is 10.0. The summed E-state index contributed by atoms with van der Waals surface area (Å²) in [6.07, 6.45) is 3.10. The fraction of sp³-hybridized carbons (Fsp3) is 0.500. The van der Waals surface area contributed by atoms with Crippen LogP contribution in [0.1, 0.15) is 36.5 Å². The van der Waals surface area contributed by atoms with Crippen LogP contribution in [-0.4, -0.2) is 30.0 Å². The zero-order valence-corrected chi connectivity index (χ0v) is 10.8. The van der Waals surface area contributed by atoms with Crippen molar-refractivity contribution in [3.8, 4) is 5.75 Å². The van der Waals surface area contributed by atoms with Crippen LogP contribution in [-0.2, 0) is 0 Å². The first kappa shape index (κ1) is 13.8. The third-order valence-corrected chi connectivity index (χ3v) is 3.37. The Morgan fingerprint density at radius 2 is 2.21 bits per heavy atom. The smallest absolute Gasteiger partial charge is 0.387 e. The number of carbonyl (C=O) groups excluding carboxylic acids is 1. The quantitative estimate of drug-likeness (QED) is 0.842. The summed E-state index contributed by atoms with van der Waals surface area (Å²) in [5.41, 5.74) is 0.395. The molecule has 1 aliphatic heterocycles. The average Bonchev–Trinajstić information content (AvgIpc) is 2.38. The van der Waals surface area contributed by atoms with Crippen LogP contribution in [0.2, 0.25) is 0 Å². The standard InChI is InChI=1S/C14H17F2NO2/c1-10-5-2-3-8-17(10)13(18)11-6-4-7-12(9-11)19-14(15)16/h4,6-7,9-10,14H,2-3,5,8H2,1H3. The molecule has 104 valence electrons. The van der Waals surface area contributed by atoms with Gasteiger partial charge in [0.1, 0.15) is 5.75 Å². The summed E-state index contributed by atoms with van der Waals surface area (Å²) in [5.74, 6) is -0.0996. The van der Waals surface area contributed by atoms with Crippen LogP contribution >= 0.6 is 0 Å². The van der Waals surface area contributed by atoms with Crippen LogP contribution in [0.4, 0.5) is 8.78 Å². The molecule has 19 heavy (non-hydrogen) atoms. The molecule has 1 atom stereocenters. The van der Waals surface area contributed by atoms with Crippen molar-refractivity contribution in [3.63, 3.8) is 0 Å². The predicted octanol–water partition coefficient (Wildman–Crippen LogP) is 3.30. The van der Waals surface area contributed by atoms with Gasteiger partial charge in [-0.3, -0.25) is 4.79 Å². The molecule has 0 bridgehead atoms. The van der Waals surface area contributed by atoms with Gasteiger partial charge in [0, 0.05) is 18.2 Å². The summed E-state index contributed by atoms with van der Waals surface area (Å²) in [5, 5.41) is 0. The van der Waals surface area contributed by atoms with Gasteiger partial charge in [-0.05, 0) is 44.4 Å². The Bertz CT molecular complexity index is 451. The molecule has 1 fully saturated rings. The van der Waals surface area contributed by atoms with Crippen LogP contribution in [0.15, 0.2) is 24.3 Å². The number of ether oxygens (including phenoxy) is 1. The number of alkyl halides is 2. The highest BCUT2D eigenvalue weighted by Crippen LogP contribution is 2.22. The Hall–Kier alpha value is -1.65. The van der Waals surface area contributed by atoms with E-state index >= 15 is 0 Å². The summed E-state index contributed by atoms with van der Waals surface area (Å²) in [7, 11) is 0. The normalized spacial score (nSPS) is 19.6. The van der Waals surface area contributed by atoms with Crippen LogP contribution < -0.4 is 4.74 Å². The summed E-state index contributed by atoms with van der Waals surface area (Å²) in [6, 6.07) is 6.17. The van der Waals surface area contributed by atoms with Crippen molar-refractivity contribution < 1.29 is 18.3 Å². The molecule has 0 spiro atoms. The molecule has 0 aliphatic carbocycles. The summed E-state index contributed by atoms with van der Waals surface area (Å²) in [4.78, 5) is 14.1. The van der Waals surface area contributed by atoms with Gasteiger partial charge in [-0.25, -0.2) is 0 Å². The van der Waals surface area contributed by atoms with E-state index in [2.05, 4.69) is 4.74 Å². The molecule has 1 amide bonds. The molecule has 1 aromatic rings. The predicted molar refractivity (Wildman–Crippen MR) is 67.4 cm³/mol. The van der Waals surface area contributed by atoms with E-state index in [0.29, 0.717) is 5.56 Å². The molecule has 1 aromatic carbocycles. The molecular weight excluding hydrogens is 252 g/mol. The van der Waals surface area contributed by atoms with E-state index in [1.807, 2.05) is 6.92 Å².